The molecule has 0 unspecified atom stereocenters. The number of carbonyl (C=O) groups is 1. The van der Waals surface area contributed by atoms with Crippen molar-refractivity contribution in [1.82, 2.24) is 10.6 Å². The van der Waals surface area contributed by atoms with Crippen molar-refractivity contribution in [3.63, 3.8) is 0 Å². The van der Waals surface area contributed by atoms with Crippen LogP contribution in [0.1, 0.15) is 18.4 Å². The van der Waals surface area contributed by atoms with Crippen LogP contribution in [0.4, 0.5) is 8.78 Å². The molecule has 1 amide bonds. The predicted octanol–water partition coefficient (Wildman–Crippen LogP) is 1.58. The van der Waals surface area contributed by atoms with Crippen LogP contribution in [0, 0.1) is 17.6 Å². The Bertz CT molecular complexity index is 433. The third kappa shape index (κ3) is 4.07. The first-order valence-corrected chi connectivity index (χ1v) is 6.06. The molecule has 2 rings (SSSR count). The average molecular weight is 254 g/mol. The molecule has 0 atom stereocenters. The van der Waals surface area contributed by atoms with Gasteiger partial charge in [-0.1, -0.05) is 6.07 Å². The molecule has 1 saturated carbocycles. The van der Waals surface area contributed by atoms with Crippen molar-refractivity contribution in [2.75, 3.05) is 13.1 Å². The van der Waals surface area contributed by atoms with E-state index in [1.807, 2.05) is 0 Å². The molecule has 0 aromatic heterocycles. The van der Waals surface area contributed by atoms with E-state index in [0.29, 0.717) is 18.0 Å². The maximum Gasteiger partial charge on any atom is 0.233 e. The van der Waals surface area contributed by atoms with E-state index >= 15 is 0 Å². The van der Waals surface area contributed by atoms with E-state index in [1.54, 1.807) is 0 Å². The fourth-order valence-electron chi connectivity index (χ4n) is 1.61. The van der Waals surface area contributed by atoms with E-state index in [1.165, 1.54) is 18.9 Å². The Morgan fingerprint density at radius 1 is 1.28 bits per heavy atom. The van der Waals surface area contributed by atoms with E-state index in [4.69, 9.17) is 0 Å². The van der Waals surface area contributed by atoms with Gasteiger partial charge >= 0.3 is 0 Å². The summed E-state index contributed by atoms with van der Waals surface area (Å²) in [5, 5.41) is 5.71. The van der Waals surface area contributed by atoms with Crippen LogP contribution in [0.25, 0.3) is 0 Å². The molecule has 18 heavy (non-hydrogen) atoms. The summed E-state index contributed by atoms with van der Waals surface area (Å²) in [5.74, 6) is -1.14. The van der Waals surface area contributed by atoms with Crippen LogP contribution in [-0.2, 0) is 11.3 Å². The first kappa shape index (κ1) is 13.0. The van der Waals surface area contributed by atoms with Gasteiger partial charge in [0, 0.05) is 13.1 Å². The second kappa shape index (κ2) is 5.91. The van der Waals surface area contributed by atoms with Crippen molar-refractivity contribution < 1.29 is 13.6 Å². The zero-order chi connectivity index (χ0) is 13.0. The lowest BCUT2D eigenvalue weighted by Gasteiger charge is -2.06. The van der Waals surface area contributed by atoms with Crippen LogP contribution in [0.5, 0.6) is 0 Å². The number of halogens is 2. The Balaban J connectivity index is 1.67. The molecule has 0 bridgehead atoms. The molecule has 1 aromatic carbocycles. The molecule has 1 aliphatic carbocycles. The SMILES string of the molecule is O=C(CNCc1ccc(F)c(F)c1)NCC1CC1. The molecular weight excluding hydrogens is 238 g/mol. The van der Waals surface area contributed by atoms with Gasteiger partial charge in [0.2, 0.25) is 5.91 Å². The van der Waals surface area contributed by atoms with Crippen LogP contribution in [0.15, 0.2) is 18.2 Å². The Morgan fingerprint density at radius 2 is 2.06 bits per heavy atom. The maximum absolute atomic E-state index is 12.9. The molecular formula is C13H16F2N2O. The second-order valence-corrected chi connectivity index (χ2v) is 4.60. The van der Waals surface area contributed by atoms with Gasteiger partial charge in [-0.25, -0.2) is 8.78 Å². The van der Waals surface area contributed by atoms with Gasteiger partial charge in [-0.2, -0.15) is 0 Å². The lowest BCUT2D eigenvalue weighted by molar-refractivity contribution is -0.120. The molecule has 5 heteroatoms. The largest absolute Gasteiger partial charge is 0.355 e. The van der Waals surface area contributed by atoms with Crippen molar-refractivity contribution in [3.05, 3.63) is 35.4 Å². The highest BCUT2D eigenvalue weighted by molar-refractivity contribution is 5.77. The highest BCUT2D eigenvalue weighted by atomic mass is 19.2. The number of rotatable bonds is 6. The second-order valence-electron chi connectivity index (χ2n) is 4.60. The quantitative estimate of drug-likeness (QED) is 0.809. The van der Waals surface area contributed by atoms with Crippen LogP contribution in [0.2, 0.25) is 0 Å². The van der Waals surface area contributed by atoms with Gasteiger partial charge in [0.15, 0.2) is 11.6 Å². The third-order valence-corrected chi connectivity index (χ3v) is 2.88. The van der Waals surface area contributed by atoms with Crippen molar-refractivity contribution >= 4 is 5.91 Å². The van der Waals surface area contributed by atoms with E-state index in [9.17, 15) is 13.6 Å². The Labute approximate surface area is 105 Å². The number of hydrogen-bond donors (Lipinski definition) is 2. The minimum Gasteiger partial charge on any atom is -0.355 e. The summed E-state index contributed by atoms with van der Waals surface area (Å²) in [6.45, 7) is 1.27. The summed E-state index contributed by atoms with van der Waals surface area (Å²) < 4.78 is 25.6. The highest BCUT2D eigenvalue weighted by Crippen LogP contribution is 2.27. The zero-order valence-electron chi connectivity index (χ0n) is 10.0. The Hall–Kier alpha value is -1.49. The highest BCUT2D eigenvalue weighted by Gasteiger charge is 2.21. The summed E-state index contributed by atoms with van der Waals surface area (Å²) in [6, 6.07) is 3.71. The molecule has 2 N–H and O–H groups in total. The van der Waals surface area contributed by atoms with Crippen LogP contribution < -0.4 is 10.6 Å². The third-order valence-electron chi connectivity index (χ3n) is 2.88. The minimum atomic E-state index is -0.868. The number of carbonyl (C=O) groups excluding carboxylic acids is 1. The van der Waals surface area contributed by atoms with Gasteiger partial charge < -0.3 is 10.6 Å². The average Bonchev–Trinajstić information content (AvgIpc) is 3.15. The van der Waals surface area contributed by atoms with Crippen molar-refractivity contribution in [2.45, 2.75) is 19.4 Å². The van der Waals surface area contributed by atoms with E-state index < -0.39 is 11.6 Å². The lowest BCUT2D eigenvalue weighted by Crippen LogP contribution is -2.34. The van der Waals surface area contributed by atoms with Gasteiger partial charge in [0.1, 0.15) is 0 Å². The molecule has 1 aromatic rings. The van der Waals surface area contributed by atoms with Crippen LogP contribution >= 0.6 is 0 Å². The number of hydrogen-bond acceptors (Lipinski definition) is 2. The van der Waals surface area contributed by atoms with E-state index in [-0.39, 0.29) is 12.5 Å². The van der Waals surface area contributed by atoms with Gasteiger partial charge in [-0.05, 0) is 36.5 Å². The summed E-state index contributed by atoms with van der Waals surface area (Å²) in [7, 11) is 0. The summed E-state index contributed by atoms with van der Waals surface area (Å²) in [5.41, 5.74) is 0.615. The van der Waals surface area contributed by atoms with Gasteiger partial charge in [-0.15, -0.1) is 0 Å². The summed E-state index contributed by atoms with van der Waals surface area (Å²) in [6.07, 6.45) is 2.39. The molecule has 0 saturated heterocycles. The van der Waals surface area contributed by atoms with Crippen molar-refractivity contribution in [1.29, 1.82) is 0 Å². The Kier molecular flexibility index (Phi) is 4.25. The van der Waals surface area contributed by atoms with Gasteiger partial charge in [-0.3, -0.25) is 4.79 Å². The smallest absolute Gasteiger partial charge is 0.233 e. The zero-order valence-corrected chi connectivity index (χ0v) is 10.0. The molecule has 1 aliphatic rings. The van der Waals surface area contributed by atoms with Crippen LogP contribution in [-0.4, -0.2) is 19.0 Å². The standard InChI is InChI=1S/C13H16F2N2O/c14-11-4-3-10(5-12(11)15)6-16-8-13(18)17-7-9-1-2-9/h3-5,9,16H,1-2,6-8H2,(H,17,18). The molecule has 0 spiro atoms. The predicted molar refractivity (Wildman–Crippen MR) is 63.8 cm³/mol. The van der Waals surface area contributed by atoms with Gasteiger partial charge in [0.05, 0.1) is 6.54 Å². The normalized spacial score (nSPS) is 14.6. The first-order chi connectivity index (χ1) is 8.65. The molecule has 0 aliphatic heterocycles. The lowest BCUT2D eigenvalue weighted by atomic mass is 10.2. The van der Waals surface area contributed by atoms with E-state index in [0.717, 1.165) is 18.7 Å². The van der Waals surface area contributed by atoms with Crippen LogP contribution in [0.3, 0.4) is 0 Å². The number of nitrogens with one attached hydrogen (secondary N) is 2. The molecule has 1 fully saturated rings. The van der Waals surface area contributed by atoms with Gasteiger partial charge in [0.25, 0.3) is 0 Å². The first-order valence-electron chi connectivity index (χ1n) is 6.06. The molecule has 98 valence electrons. The van der Waals surface area contributed by atoms with E-state index in [2.05, 4.69) is 10.6 Å². The fraction of sp³-hybridized carbons (Fsp3) is 0.462. The molecule has 3 nitrogen and oxygen atoms in total. The minimum absolute atomic E-state index is 0.0653. The maximum atomic E-state index is 12.9. The fourth-order valence-corrected chi connectivity index (χ4v) is 1.61. The Morgan fingerprint density at radius 3 is 2.72 bits per heavy atom. The number of amides is 1. The monoisotopic (exact) mass is 254 g/mol. The van der Waals surface area contributed by atoms with Crippen molar-refractivity contribution in [2.24, 2.45) is 5.92 Å². The topological polar surface area (TPSA) is 41.1 Å². The van der Waals surface area contributed by atoms with Crippen molar-refractivity contribution in [3.8, 4) is 0 Å². The molecule has 0 radical (unpaired) electrons. The molecule has 0 heterocycles. The summed E-state index contributed by atoms with van der Waals surface area (Å²) >= 11 is 0. The number of benzene rings is 1. The summed E-state index contributed by atoms with van der Waals surface area (Å²) in [4.78, 5) is 11.4.